The second-order valence-corrected chi connectivity index (χ2v) is 18.7. The molecule has 13 nitrogen and oxygen atoms in total. The number of piperidine rings is 1. The Kier molecular flexibility index (Phi) is 13.7. The highest BCUT2D eigenvalue weighted by Gasteiger charge is 2.47. The maximum absolute atomic E-state index is 14.8. The van der Waals surface area contributed by atoms with E-state index in [9.17, 15) is 27.6 Å². The third-order valence-electron chi connectivity index (χ3n) is 11.0. The number of aromatic nitrogens is 1. The van der Waals surface area contributed by atoms with Crippen molar-refractivity contribution in [1.29, 1.82) is 0 Å². The number of sulfonamides is 1. The molecule has 5 atom stereocenters. The van der Waals surface area contributed by atoms with Crippen molar-refractivity contribution in [2.45, 2.75) is 97.1 Å². The average molecular weight is 804 g/mol. The standard InChI is InChI=1S/C43H57N5O8S/c1-9-28(4)39(41(51)46-57(53,54)27(2)3)45-40(50)36-23-31(26-48(36)42(52)33(43(5,6)7)24-38(49)47-20-14-11-15-21-47)56-37-25-34(29-16-12-10-13-17-29)44-35-22-30(55-8)18-19-32(35)37/h9-10,12-13,16-19,22,25,27-28,31,33,36,39H,1,11,14-15,20-21,23-24,26H2,2-8H3,(H,45,50)(H,46,51)/t28-,31+,33+,36-,39+/m0/s1. The molecule has 3 aromatic rings. The van der Waals surface area contributed by atoms with Crippen LogP contribution in [0.1, 0.15) is 73.6 Å². The summed E-state index contributed by atoms with van der Waals surface area (Å²) in [6.45, 7) is 15.3. The maximum Gasteiger partial charge on any atom is 0.256 e. The number of likely N-dealkylation sites (tertiary alicyclic amines) is 2. The van der Waals surface area contributed by atoms with Gasteiger partial charge in [0.25, 0.3) is 5.91 Å². The van der Waals surface area contributed by atoms with Crippen LogP contribution in [0.4, 0.5) is 0 Å². The molecule has 4 amide bonds. The van der Waals surface area contributed by atoms with Crippen LogP contribution < -0.4 is 19.5 Å². The number of methoxy groups -OCH3 is 1. The van der Waals surface area contributed by atoms with E-state index < -0.39 is 62.5 Å². The third-order valence-corrected chi connectivity index (χ3v) is 12.7. The second-order valence-electron chi connectivity index (χ2n) is 16.4. The zero-order valence-electron chi connectivity index (χ0n) is 34.1. The van der Waals surface area contributed by atoms with Crippen LogP contribution in [0.5, 0.6) is 11.5 Å². The number of benzene rings is 2. The Hall–Kier alpha value is -4.98. The highest BCUT2D eigenvalue weighted by atomic mass is 32.2. The summed E-state index contributed by atoms with van der Waals surface area (Å²) >= 11 is 0. The summed E-state index contributed by atoms with van der Waals surface area (Å²) in [6, 6.07) is 14.5. The molecule has 0 radical (unpaired) electrons. The van der Waals surface area contributed by atoms with Crippen molar-refractivity contribution in [3.05, 3.63) is 67.3 Å². The van der Waals surface area contributed by atoms with Crippen molar-refractivity contribution in [2.24, 2.45) is 17.3 Å². The van der Waals surface area contributed by atoms with Crippen molar-refractivity contribution in [2.75, 3.05) is 26.7 Å². The Labute approximate surface area is 336 Å². The molecule has 0 saturated carbocycles. The molecule has 2 fully saturated rings. The molecule has 0 spiro atoms. The first-order valence-electron chi connectivity index (χ1n) is 19.7. The number of rotatable bonds is 14. The Bertz CT molecular complexity index is 2060. The van der Waals surface area contributed by atoms with Crippen molar-refractivity contribution in [1.82, 2.24) is 24.8 Å². The van der Waals surface area contributed by atoms with Gasteiger partial charge in [-0.15, -0.1) is 6.58 Å². The molecule has 0 aliphatic carbocycles. The van der Waals surface area contributed by atoms with E-state index in [1.54, 1.807) is 20.1 Å². The molecule has 2 N–H and O–H groups in total. The molecule has 2 aliphatic rings. The topological polar surface area (TPSA) is 164 Å². The van der Waals surface area contributed by atoms with Crippen molar-refractivity contribution < 1.29 is 37.1 Å². The van der Waals surface area contributed by atoms with Gasteiger partial charge in [-0.05, 0) is 50.7 Å². The number of carbonyl (C=O) groups is 4. The number of ether oxygens (including phenoxy) is 2. The molecular weight excluding hydrogens is 747 g/mol. The first-order chi connectivity index (χ1) is 26.9. The second kappa shape index (κ2) is 18.1. The van der Waals surface area contributed by atoms with E-state index in [2.05, 4.69) is 16.6 Å². The van der Waals surface area contributed by atoms with Gasteiger partial charge < -0.3 is 24.6 Å². The van der Waals surface area contributed by atoms with Gasteiger partial charge in [-0.1, -0.05) is 64.1 Å². The van der Waals surface area contributed by atoms with Gasteiger partial charge in [-0.2, -0.15) is 0 Å². The van der Waals surface area contributed by atoms with Crippen LogP contribution in [-0.2, 0) is 29.2 Å². The Morgan fingerprint density at radius 2 is 1.68 bits per heavy atom. The highest BCUT2D eigenvalue weighted by Crippen LogP contribution is 2.37. The Morgan fingerprint density at radius 3 is 2.30 bits per heavy atom. The molecule has 2 saturated heterocycles. The monoisotopic (exact) mass is 803 g/mol. The fourth-order valence-electron chi connectivity index (χ4n) is 7.27. The van der Waals surface area contributed by atoms with Crippen LogP contribution in [0, 0.1) is 17.3 Å². The van der Waals surface area contributed by atoms with Gasteiger partial charge in [0.05, 0.1) is 36.0 Å². The average Bonchev–Trinajstić information content (AvgIpc) is 3.61. The molecular formula is C43H57N5O8S. The van der Waals surface area contributed by atoms with E-state index in [1.165, 1.54) is 24.8 Å². The first-order valence-corrected chi connectivity index (χ1v) is 21.3. The molecule has 0 bridgehead atoms. The molecule has 3 heterocycles. The number of nitrogens with zero attached hydrogens (tertiary/aromatic N) is 3. The summed E-state index contributed by atoms with van der Waals surface area (Å²) in [7, 11) is -2.44. The van der Waals surface area contributed by atoms with E-state index in [4.69, 9.17) is 14.5 Å². The van der Waals surface area contributed by atoms with Crippen LogP contribution in [0.15, 0.2) is 67.3 Å². The van der Waals surface area contributed by atoms with E-state index in [0.717, 1.165) is 24.8 Å². The minimum Gasteiger partial charge on any atom is -0.497 e. The van der Waals surface area contributed by atoms with Crippen molar-refractivity contribution >= 4 is 44.6 Å². The van der Waals surface area contributed by atoms with Crippen LogP contribution in [0.25, 0.3) is 22.2 Å². The van der Waals surface area contributed by atoms with Gasteiger partial charge in [0.15, 0.2) is 0 Å². The van der Waals surface area contributed by atoms with Crippen LogP contribution in [0.3, 0.4) is 0 Å². The predicted octanol–water partition coefficient (Wildman–Crippen LogP) is 5.48. The van der Waals surface area contributed by atoms with Crippen molar-refractivity contribution in [3.8, 4) is 22.8 Å². The normalized spacial score (nSPS) is 19.1. The van der Waals surface area contributed by atoms with E-state index in [0.29, 0.717) is 41.2 Å². The number of hydrogen-bond acceptors (Lipinski definition) is 9. The first kappa shape index (κ1) is 43.1. The number of amides is 4. The molecule has 57 heavy (non-hydrogen) atoms. The SMILES string of the molecule is C=C[C@H](C)[C@@H](NC(=O)[C@@H]1C[C@@H](Oc2cc(-c3ccccc3)nc3cc(OC)ccc23)CN1C(=O)[C@@H](CC(=O)N1CCCCC1)C(C)(C)C)C(=O)NS(=O)(=O)C(C)C. The molecule has 308 valence electrons. The quantitative estimate of drug-likeness (QED) is 0.201. The smallest absolute Gasteiger partial charge is 0.256 e. The summed E-state index contributed by atoms with van der Waals surface area (Å²) in [5.74, 6) is -2.41. The van der Waals surface area contributed by atoms with Gasteiger partial charge in [0.1, 0.15) is 29.7 Å². The summed E-state index contributed by atoms with van der Waals surface area (Å²) in [5, 5.41) is 2.55. The fourth-order valence-corrected chi connectivity index (χ4v) is 7.91. The summed E-state index contributed by atoms with van der Waals surface area (Å²) in [4.78, 5) is 64.5. The number of fused-ring (bicyclic) bond motifs is 1. The van der Waals surface area contributed by atoms with Crippen molar-refractivity contribution in [3.63, 3.8) is 0 Å². The molecule has 0 unspecified atom stereocenters. The van der Waals surface area contributed by atoms with E-state index in [1.807, 2.05) is 74.2 Å². The number of hydrogen-bond donors (Lipinski definition) is 2. The van der Waals surface area contributed by atoms with E-state index >= 15 is 0 Å². The molecule has 2 aromatic carbocycles. The summed E-state index contributed by atoms with van der Waals surface area (Å²) < 4.78 is 39.7. The minimum absolute atomic E-state index is 0.0116. The lowest BCUT2D eigenvalue weighted by molar-refractivity contribution is -0.148. The van der Waals surface area contributed by atoms with Crippen LogP contribution in [-0.4, -0.2) is 97.0 Å². The lowest BCUT2D eigenvalue weighted by atomic mass is 9.77. The number of nitrogens with one attached hydrogen (secondary N) is 2. The van der Waals surface area contributed by atoms with Crippen LogP contribution in [0.2, 0.25) is 0 Å². The largest absolute Gasteiger partial charge is 0.497 e. The summed E-state index contributed by atoms with van der Waals surface area (Å²) in [6.07, 6.45) is 3.66. The zero-order valence-corrected chi connectivity index (χ0v) is 34.9. The van der Waals surface area contributed by atoms with E-state index in [-0.39, 0.29) is 31.2 Å². The maximum atomic E-state index is 14.8. The van der Waals surface area contributed by atoms with Gasteiger partial charge in [-0.25, -0.2) is 13.4 Å². The third kappa shape index (κ3) is 10.3. The zero-order chi connectivity index (χ0) is 41.7. The Balaban J connectivity index is 1.52. The lowest BCUT2D eigenvalue weighted by Crippen LogP contribution is -2.57. The highest BCUT2D eigenvalue weighted by molar-refractivity contribution is 7.90. The fraction of sp³-hybridized carbons (Fsp3) is 0.512. The van der Waals surface area contributed by atoms with Crippen LogP contribution >= 0.6 is 0 Å². The van der Waals surface area contributed by atoms with Gasteiger partial charge >= 0.3 is 0 Å². The van der Waals surface area contributed by atoms with Gasteiger partial charge in [0, 0.05) is 54.9 Å². The molecule has 1 aromatic heterocycles. The molecule has 14 heteroatoms. The number of pyridine rings is 1. The molecule has 5 rings (SSSR count). The minimum atomic E-state index is -4.02. The van der Waals surface area contributed by atoms with Gasteiger partial charge in [-0.3, -0.25) is 23.9 Å². The summed E-state index contributed by atoms with van der Waals surface area (Å²) in [5.41, 5.74) is 1.48. The van der Waals surface area contributed by atoms with Gasteiger partial charge in [0.2, 0.25) is 27.7 Å². The Morgan fingerprint density at radius 1 is 1.00 bits per heavy atom. The number of carbonyl (C=O) groups excluding carboxylic acids is 4. The molecule has 2 aliphatic heterocycles. The predicted molar refractivity (Wildman–Crippen MR) is 220 cm³/mol. The lowest BCUT2D eigenvalue weighted by Gasteiger charge is -2.36.